The Morgan fingerprint density at radius 3 is 2.74 bits per heavy atom. The molecular weight excluding hydrogens is 426 g/mol. The molecule has 0 spiro atoms. The number of nitrogens with zero attached hydrogens (tertiary/aromatic N) is 2. The Labute approximate surface area is 204 Å². The van der Waals surface area contributed by atoms with Crippen LogP contribution < -0.4 is 5.32 Å². The summed E-state index contributed by atoms with van der Waals surface area (Å²) in [4.78, 5) is 31.7. The van der Waals surface area contributed by atoms with Crippen molar-refractivity contribution in [3.8, 4) is 0 Å². The second-order valence-electron chi connectivity index (χ2n) is 12.4. The number of nitrogens with one attached hydrogen (secondary N) is 1. The number of likely N-dealkylation sites (N-methyl/N-ethyl adjacent to an activating group) is 1. The number of oxime groups is 1. The highest BCUT2D eigenvalue weighted by Crippen LogP contribution is 2.66. The zero-order valence-electron chi connectivity index (χ0n) is 21.6. The van der Waals surface area contributed by atoms with Gasteiger partial charge in [-0.2, -0.15) is 0 Å². The zero-order chi connectivity index (χ0) is 24.1. The Morgan fingerprint density at radius 2 is 1.97 bits per heavy atom. The molecule has 0 bridgehead atoms. The molecule has 5 aliphatic rings. The first-order valence-electron chi connectivity index (χ1n) is 13.7. The number of hydrogen-bond acceptors (Lipinski definition) is 5. The largest absolute Gasteiger partial charge is 0.435 e. The van der Waals surface area contributed by atoms with E-state index in [-0.39, 0.29) is 16.9 Å². The molecule has 6 nitrogen and oxygen atoms in total. The minimum atomic E-state index is -0.358. The number of rotatable bonds is 4. The molecule has 6 heteroatoms. The molecule has 1 unspecified atom stereocenters. The summed E-state index contributed by atoms with van der Waals surface area (Å²) in [6, 6.07) is 0.363. The van der Waals surface area contributed by atoms with E-state index in [1.807, 2.05) is 6.08 Å². The molecule has 7 atom stereocenters. The normalized spacial score (nSPS) is 41.9. The summed E-state index contributed by atoms with van der Waals surface area (Å²) in [6.45, 7) is 8.68. The highest BCUT2D eigenvalue weighted by atomic mass is 16.7. The highest BCUT2D eigenvalue weighted by Gasteiger charge is 2.59. The monoisotopic (exact) mass is 469 g/mol. The molecule has 188 valence electrons. The predicted octanol–water partition coefficient (Wildman–Crippen LogP) is 5.33. The van der Waals surface area contributed by atoms with Crippen molar-refractivity contribution in [2.24, 2.45) is 39.7 Å². The van der Waals surface area contributed by atoms with Crippen molar-refractivity contribution in [1.29, 1.82) is 0 Å². The van der Waals surface area contributed by atoms with Crippen LogP contribution in [0.5, 0.6) is 0 Å². The van der Waals surface area contributed by atoms with Crippen LogP contribution in [0.15, 0.2) is 16.8 Å². The Bertz CT molecular complexity index is 891. The number of carbonyl (C=O) groups is 2. The van der Waals surface area contributed by atoms with Gasteiger partial charge in [0.15, 0.2) is 5.78 Å². The molecule has 34 heavy (non-hydrogen) atoms. The summed E-state index contributed by atoms with van der Waals surface area (Å²) in [5.41, 5.74) is 2.86. The van der Waals surface area contributed by atoms with E-state index in [1.54, 1.807) is 11.9 Å². The standard InChI is InChI=1S/C28H43N3O3/c1-18(30-34-26(33)31(4)17-20-6-5-15-29-20)23-9-10-24-22-8-7-19-16-21(32)11-13-27(19,2)25(22)12-14-28(23,24)3/h16,20,22-25,29H,5-15,17H2,1-4H3/b30-18+/t20-,22-,23+,24?,25-,27-,28+/m0/s1. The Balaban J connectivity index is 1.25. The lowest BCUT2D eigenvalue weighted by Crippen LogP contribution is -2.51. The molecule has 5 rings (SSSR count). The van der Waals surface area contributed by atoms with Gasteiger partial charge in [-0.25, -0.2) is 4.79 Å². The Hall–Kier alpha value is -1.69. The van der Waals surface area contributed by atoms with Crippen molar-refractivity contribution < 1.29 is 14.4 Å². The summed E-state index contributed by atoms with van der Waals surface area (Å²) < 4.78 is 0. The number of allylic oxidation sites excluding steroid dienone is 1. The lowest BCUT2D eigenvalue weighted by atomic mass is 9.46. The van der Waals surface area contributed by atoms with Crippen LogP contribution in [-0.4, -0.2) is 48.7 Å². The molecule has 1 heterocycles. The van der Waals surface area contributed by atoms with Crippen LogP contribution in [0, 0.1) is 34.5 Å². The third kappa shape index (κ3) is 4.04. The van der Waals surface area contributed by atoms with Crippen LogP contribution >= 0.6 is 0 Å². The minimum Gasteiger partial charge on any atom is -0.312 e. The lowest BCUT2D eigenvalue weighted by molar-refractivity contribution is -0.117. The maximum Gasteiger partial charge on any atom is 0.435 e. The molecule has 4 aliphatic carbocycles. The maximum absolute atomic E-state index is 12.5. The van der Waals surface area contributed by atoms with E-state index in [9.17, 15) is 9.59 Å². The summed E-state index contributed by atoms with van der Waals surface area (Å²) in [5.74, 6) is 2.85. The van der Waals surface area contributed by atoms with E-state index in [0.29, 0.717) is 36.1 Å². The lowest BCUT2D eigenvalue weighted by Gasteiger charge is -2.58. The fourth-order valence-electron chi connectivity index (χ4n) is 8.81. The Morgan fingerprint density at radius 1 is 1.15 bits per heavy atom. The van der Waals surface area contributed by atoms with Gasteiger partial charge in [-0.3, -0.25) is 9.63 Å². The van der Waals surface area contributed by atoms with Crippen molar-refractivity contribution in [3.63, 3.8) is 0 Å². The van der Waals surface area contributed by atoms with E-state index in [4.69, 9.17) is 4.84 Å². The van der Waals surface area contributed by atoms with Crippen LogP contribution in [0.4, 0.5) is 4.79 Å². The SMILES string of the molecule is C/C(=N\OC(=O)N(C)C[C@@H]1CCCN1)[C@H]1CCC2[C@@H]3CCC4=CC(=O)CC[C@]4(C)[C@H]3CC[C@@]21C. The average molecular weight is 470 g/mol. The van der Waals surface area contributed by atoms with Crippen molar-refractivity contribution in [2.75, 3.05) is 20.1 Å². The topological polar surface area (TPSA) is 71.0 Å². The van der Waals surface area contributed by atoms with E-state index in [1.165, 1.54) is 37.7 Å². The first-order valence-corrected chi connectivity index (χ1v) is 13.7. The van der Waals surface area contributed by atoms with Gasteiger partial charge in [-0.05, 0) is 106 Å². The molecule has 1 amide bonds. The predicted molar refractivity (Wildman–Crippen MR) is 133 cm³/mol. The van der Waals surface area contributed by atoms with Gasteiger partial charge in [0.25, 0.3) is 0 Å². The molecule has 4 fully saturated rings. The second-order valence-corrected chi connectivity index (χ2v) is 12.4. The smallest absolute Gasteiger partial charge is 0.312 e. The molecule has 3 saturated carbocycles. The van der Waals surface area contributed by atoms with Crippen LogP contribution in [-0.2, 0) is 9.63 Å². The quantitative estimate of drug-likeness (QED) is 0.343. The van der Waals surface area contributed by atoms with Crippen molar-refractivity contribution in [1.82, 2.24) is 10.2 Å². The van der Waals surface area contributed by atoms with Gasteiger partial charge < -0.3 is 10.2 Å². The number of fused-ring (bicyclic) bond motifs is 5. The van der Waals surface area contributed by atoms with Gasteiger partial charge in [0.1, 0.15) is 0 Å². The van der Waals surface area contributed by atoms with Crippen LogP contribution in [0.2, 0.25) is 0 Å². The first kappa shape index (κ1) is 24.0. The van der Waals surface area contributed by atoms with E-state index >= 15 is 0 Å². The minimum absolute atomic E-state index is 0.216. The summed E-state index contributed by atoms with van der Waals surface area (Å²) >= 11 is 0. The van der Waals surface area contributed by atoms with Crippen molar-refractivity contribution in [2.45, 2.75) is 91.0 Å². The van der Waals surface area contributed by atoms with E-state index in [2.05, 4.69) is 31.2 Å². The fraction of sp³-hybridized carbons (Fsp3) is 0.821. The van der Waals surface area contributed by atoms with Crippen LogP contribution in [0.3, 0.4) is 0 Å². The van der Waals surface area contributed by atoms with E-state index < -0.39 is 0 Å². The summed E-state index contributed by atoms with van der Waals surface area (Å²) in [7, 11) is 1.80. The highest BCUT2D eigenvalue weighted by molar-refractivity contribution is 5.91. The van der Waals surface area contributed by atoms with Crippen molar-refractivity contribution in [3.05, 3.63) is 11.6 Å². The molecule has 0 aromatic rings. The van der Waals surface area contributed by atoms with E-state index in [0.717, 1.165) is 50.3 Å². The molecule has 1 aliphatic heterocycles. The second kappa shape index (κ2) is 9.07. The van der Waals surface area contributed by atoms with Gasteiger partial charge in [-0.15, -0.1) is 0 Å². The number of hydrogen-bond donors (Lipinski definition) is 1. The van der Waals surface area contributed by atoms with Gasteiger partial charge in [0.05, 0.1) is 5.71 Å². The summed E-state index contributed by atoms with van der Waals surface area (Å²) in [5, 5.41) is 7.82. The molecule has 0 aromatic carbocycles. The molecule has 1 N–H and O–H groups in total. The van der Waals surface area contributed by atoms with Gasteiger partial charge >= 0.3 is 6.09 Å². The Kier molecular flexibility index (Phi) is 6.41. The van der Waals surface area contributed by atoms with Crippen LogP contribution in [0.25, 0.3) is 0 Å². The molecule has 0 aromatic heterocycles. The number of ketones is 1. The van der Waals surface area contributed by atoms with Gasteiger partial charge in [0.2, 0.25) is 0 Å². The van der Waals surface area contributed by atoms with Gasteiger partial charge in [-0.1, -0.05) is 24.6 Å². The zero-order valence-corrected chi connectivity index (χ0v) is 21.6. The fourth-order valence-corrected chi connectivity index (χ4v) is 8.81. The first-order chi connectivity index (χ1) is 16.2. The van der Waals surface area contributed by atoms with Crippen molar-refractivity contribution >= 4 is 17.6 Å². The average Bonchev–Trinajstić information content (AvgIpc) is 3.44. The number of carbonyl (C=O) groups excluding carboxylic acids is 2. The van der Waals surface area contributed by atoms with Crippen LogP contribution in [0.1, 0.15) is 85.0 Å². The number of amides is 1. The molecule has 0 radical (unpaired) electrons. The third-order valence-corrected chi connectivity index (χ3v) is 10.7. The third-order valence-electron chi connectivity index (χ3n) is 10.7. The molecule has 1 saturated heterocycles. The summed E-state index contributed by atoms with van der Waals surface area (Å²) in [6.07, 6.45) is 12.8. The van der Waals surface area contributed by atoms with Gasteiger partial charge in [0, 0.05) is 32.0 Å². The molecular formula is C28H43N3O3. The maximum atomic E-state index is 12.5.